The van der Waals surface area contributed by atoms with Crippen LogP contribution in [-0.4, -0.2) is 16.9 Å². The van der Waals surface area contributed by atoms with E-state index in [1.54, 1.807) is 24.5 Å². The van der Waals surface area contributed by atoms with Gasteiger partial charge in [0.25, 0.3) is 0 Å². The third-order valence-electron chi connectivity index (χ3n) is 2.87. The van der Waals surface area contributed by atoms with E-state index >= 15 is 0 Å². The Hall–Kier alpha value is -1.99. The first-order chi connectivity index (χ1) is 11.2. The van der Waals surface area contributed by atoms with Crippen LogP contribution >= 0.6 is 27.7 Å². The quantitative estimate of drug-likeness (QED) is 0.452. The topological polar surface area (TPSA) is 65.5 Å². The Morgan fingerprint density at radius 3 is 2.78 bits per heavy atom. The van der Waals surface area contributed by atoms with Gasteiger partial charge in [0.05, 0.1) is 12.0 Å². The number of aromatic nitrogens is 1. The first-order valence-corrected chi connectivity index (χ1v) is 8.52. The molecule has 7 heteroatoms. The number of rotatable bonds is 6. The highest BCUT2D eigenvalue weighted by molar-refractivity contribution is 9.10. The Bertz CT molecular complexity index is 768. The van der Waals surface area contributed by atoms with Gasteiger partial charge in [0.2, 0.25) is 5.76 Å². The number of nitrogens with zero attached hydrogens (tertiary/aromatic N) is 1. The smallest absolute Gasteiger partial charge is 0.316 e. The number of carbonyl (C=O) groups excluding carboxylic acids is 1. The van der Waals surface area contributed by atoms with Crippen LogP contribution in [0.4, 0.5) is 0 Å². The normalized spacial score (nSPS) is 10.7. The largest absolute Gasteiger partial charge is 0.461 e. The van der Waals surface area contributed by atoms with Crippen molar-refractivity contribution in [3.05, 3.63) is 58.9 Å². The monoisotopic (exact) mass is 393 g/mol. The molecule has 118 valence electrons. The minimum absolute atomic E-state index is 0.0734. The van der Waals surface area contributed by atoms with Crippen molar-refractivity contribution in [1.82, 2.24) is 5.16 Å². The number of carbonyl (C=O) groups is 1. The van der Waals surface area contributed by atoms with E-state index in [2.05, 4.69) is 21.1 Å². The molecule has 3 aromatic rings. The molecule has 3 rings (SSSR count). The summed E-state index contributed by atoms with van der Waals surface area (Å²) in [6.45, 7) is 0.0734. The summed E-state index contributed by atoms with van der Waals surface area (Å²) in [6, 6.07) is 13.0. The van der Waals surface area contributed by atoms with E-state index in [1.807, 2.05) is 24.3 Å². The molecule has 0 aliphatic carbocycles. The molecule has 0 saturated heterocycles. The van der Waals surface area contributed by atoms with Gasteiger partial charge in [-0.05, 0) is 36.4 Å². The summed E-state index contributed by atoms with van der Waals surface area (Å²) in [7, 11) is 0. The Labute approximate surface area is 145 Å². The second-order valence-electron chi connectivity index (χ2n) is 4.56. The van der Waals surface area contributed by atoms with Crippen LogP contribution in [0.3, 0.4) is 0 Å². The first-order valence-electron chi connectivity index (χ1n) is 6.74. The molecule has 0 radical (unpaired) electrons. The van der Waals surface area contributed by atoms with Crippen LogP contribution in [0.25, 0.3) is 11.5 Å². The average Bonchev–Trinajstić information content (AvgIpc) is 3.23. The molecule has 0 saturated carbocycles. The van der Waals surface area contributed by atoms with Crippen LogP contribution in [-0.2, 0) is 16.1 Å². The maximum atomic E-state index is 11.8. The van der Waals surface area contributed by atoms with Crippen molar-refractivity contribution in [2.45, 2.75) is 11.5 Å². The van der Waals surface area contributed by atoms with E-state index in [-0.39, 0.29) is 18.3 Å². The van der Waals surface area contributed by atoms with Crippen molar-refractivity contribution >= 4 is 33.7 Å². The summed E-state index contributed by atoms with van der Waals surface area (Å²) in [5.74, 6) is 1.02. The standard InChI is InChI=1S/C16H12BrNO4S/c17-11-3-5-13(6-4-11)23-10-16(19)21-9-12-8-15(22-18-12)14-2-1-7-20-14/h1-8H,9-10H2. The predicted octanol–water partition coefficient (Wildman–Crippen LogP) is 4.53. The van der Waals surface area contributed by atoms with Crippen molar-refractivity contribution in [3.63, 3.8) is 0 Å². The van der Waals surface area contributed by atoms with Gasteiger partial charge in [-0.2, -0.15) is 0 Å². The molecular weight excluding hydrogens is 382 g/mol. The van der Waals surface area contributed by atoms with Gasteiger partial charge in [-0.25, -0.2) is 0 Å². The van der Waals surface area contributed by atoms with Crippen molar-refractivity contribution < 1.29 is 18.5 Å². The molecule has 0 bridgehead atoms. The van der Waals surface area contributed by atoms with Gasteiger partial charge in [-0.15, -0.1) is 11.8 Å². The summed E-state index contributed by atoms with van der Waals surface area (Å²) >= 11 is 4.79. The zero-order valence-corrected chi connectivity index (χ0v) is 14.3. The lowest BCUT2D eigenvalue weighted by Gasteiger charge is -2.03. The second-order valence-corrected chi connectivity index (χ2v) is 6.53. The van der Waals surface area contributed by atoms with Gasteiger partial charge in [0, 0.05) is 15.4 Å². The molecule has 0 fully saturated rings. The van der Waals surface area contributed by atoms with E-state index in [0.717, 1.165) is 9.37 Å². The van der Waals surface area contributed by atoms with Gasteiger partial charge in [0.1, 0.15) is 12.3 Å². The lowest BCUT2D eigenvalue weighted by Crippen LogP contribution is -2.07. The highest BCUT2D eigenvalue weighted by Gasteiger charge is 2.11. The maximum absolute atomic E-state index is 11.8. The molecule has 2 aromatic heterocycles. The molecule has 0 amide bonds. The Morgan fingerprint density at radius 2 is 2.04 bits per heavy atom. The van der Waals surface area contributed by atoms with E-state index in [9.17, 15) is 4.79 Å². The molecule has 0 aliphatic rings. The number of esters is 1. The van der Waals surface area contributed by atoms with Crippen molar-refractivity contribution in [1.29, 1.82) is 0 Å². The second kappa shape index (κ2) is 7.52. The Kier molecular flexibility index (Phi) is 5.19. The highest BCUT2D eigenvalue weighted by atomic mass is 79.9. The minimum Gasteiger partial charge on any atom is -0.461 e. The Balaban J connectivity index is 1.46. The first kappa shape index (κ1) is 15.9. The third kappa shape index (κ3) is 4.49. The molecule has 0 N–H and O–H groups in total. The fraction of sp³-hybridized carbons (Fsp3) is 0.125. The summed E-state index contributed by atoms with van der Waals surface area (Å²) in [5, 5.41) is 3.85. The van der Waals surface area contributed by atoms with Crippen LogP contribution in [0.2, 0.25) is 0 Å². The van der Waals surface area contributed by atoms with Crippen LogP contribution in [0.1, 0.15) is 5.69 Å². The fourth-order valence-corrected chi connectivity index (χ4v) is 2.74. The molecule has 23 heavy (non-hydrogen) atoms. The lowest BCUT2D eigenvalue weighted by molar-refractivity contribution is -0.141. The van der Waals surface area contributed by atoms with Gasteiger partial charge >= 0.3 is 5.97 Å². The van der Waals surface area contributed by atoms with E-state index in [0.29, 0.717) is 17.2 Å². The molecular formula is C16H12BrNO4S. The molecule has 0 atom stereocenters. The van der Waals surface area contributed by atoms with Gasteiger partial charge in [0.15, 0.2) is 5.76 Å². The number of halogens is 1. The van der Waals surface area contributed by atoms with Crippen LogP contribution < -0.4 is 0 Å². The molecule has 5 nitrogen and oxygen atoms in total. The summed E-state index contributed by atoms with van der Waals surface area (Å²) in [5.41, 5.74) is 0.540. The van der Waals surface area contributed by atoms with Crippen molar-refractivity contribution in [2.75, 3.05) is 5.75 Å². The molecule has 0 aliphatic heterocycles. The van der Waals surface area contributed by atoms with Crippen LogP contribution in [0.5, 0.6) is 0 Å². The summed E-state index contributed by atoms with van der Waals surface area (Å²) in [6.07, 6.45) is 1.55. The number of benzene rings is 1. The van der Waals surface area contributed by atoms with E-state index < -0.39 is 0 Å². The zero-order valence-electron chi connectivity index (χ0n) is 11.9. The van der Waals surface area contributed by atoms with Crippen LogP contribution in [0, 0.1) is 0 Å². The van der Waals surface area contributed by atoms with E-state index in [4.69, 9.17) is 13.7 Å². The molecule has 1 aromatic carbocycles. The zero-order chi connectivity index (χ0) is 16.1. The van der Waals surface area contributed by atoms with Crippen LogP contribution in [0.15, 0.2) is 67.0 Å². The maximum Gasteiger partial charge on any atom is 0.316 e. The predicted molar refractivity (Wildman–Crippen MR) is 88.9 cm³/mol. The number of thioether (sulfide) groups is 1. The van der Waals surface area contributed by atoms with Gasteiger partial charge in [-0.1, -0.05) is 21.1 Å². The van der Waals surface area contributed by atoms with Gasteiger partial charge < -0.3 is 13.7 Å². The Morgan fingerprint density at radius 1 is 1.22 bits per heavy atom. The molecule has 2 heterocycles. The lowest BCUT2D eigenvalue weighted by atomic mass is 10.3. The van der Waals surface area contributed by atoms with Gasteiger partial charge in [-0.3, -0.25) is 4.79 Å². The molecule has 0 unspecified atom stereocenters. The van der Waals surface area contributed by atoms with Crippen molar-refractivity contribution in [3.8, 4) is 11.5 Å². The molecule has 0 spiro atoms. The number of ether oxygens (including phenoxy) is 1. The fourth-order valence-electron chi connectivity index (χ4n) is 1.78. The van der Waals surface area contributed by atoms with Crippen molar-refractivity contribution in [2.24, 2.45) is 0 Å². The number of hydrogen-bond donors (Lipinski definition) is 0. The highest BCUT2D eigenvalue weighted by Crippen LogP contribution is 2.22. The summed E-state index contributed by atoms with van der Waals surface area (Å²) in [4.78, 5) is 12.8. The number of furan rings is 1. The minimum atomic E-state index is -0.305. The summed E-state index contributed by atoms with van der Waals surface area (Å²) < 4.78 is 16.5. The third-order valence-corrected chi connectivity index (χ3v) is 4.39. The van der Waals surface area contributed by atoms with E-state index in [1.165, 1.54) is 11.8 Å². The SMILES string of the molecule is O=C(CSc1ccc(Br)cc1)OCc1cc(-c2ccco2)on1. The average molecular weight is 394 g/mol. The number of hydrogen-bond acceptors (Lipinski definition) is 6.